The number of hydrogen-bond acceptors (Lipinski definition) is 5. The minimum Gasteiger partial charge on any atom is -0.466 e. The van der Waals surface area contributed by atoms with Crippen molar-refractivity contribution in [3.05, 3.63) is 24.3 Å². The third-order valence-corrected chi connectivity index (χ3v) is 10.7. The van der Waals surface area contributed by atoms with Gasteiger partial charge in [0.25, 0.3) is 0 Å². The van der Waals surface area contributed by atoms with Crippen LogP contribution in [0.15, 0.2) is 24.3 Å². The molecule has 0 heterocycles. The van der Waals surface area contributed by atoms with Crippen molar-refractivity contribution in [3.63, 3.8) is 0 Å². The van der Waals surface area contributed by atoms with Gasteiger partial charge in [-0.2, -0.15) is 0 Å². The highest BCUT2D eigenvalue weighted by Crippen LogP contribution is 2.15. The number of hydrogen-bond donors (Lipinski definition) is 3. The molecule has 0 aliphatic rings. The van der Waals surface area contributed by atoms with Gasteiger partial charge in [0.15, 0.2) is 0 Å². The molecule has 0 aliphatic carbocycles. The van der Waals surface area contributed by atoms with Gasteiger partial charge in [0.05, 0.1) is 25.4 Å². The molecule has 6 heteroatoms. The van der Waals surface area contributed by atoms with E-state index in [0.717, 1.165) is 57.8 Å². The molecule has 6 nitrogen and oxygen atoms in total. The number of esters is 1. The summed E-state index contributed by atoms with van der Waals surface area (Å²) in [5.74, 6) is -0.107. The van der Waals surface area contributed by atoms with Crippen LogP contribution in [-0.2, 0) is 14.3 Å². The predicted octanol–water partition coefficient (Wildman–Crippen LogP) is 13.6. The predicted molar refractivity (Wildman–Crippen MR) is 232 cm³/mol. The number of unbranched alkanes of at least 4 members (excludes halogenated alkanes) is 30. The van der Waals surface area contributed by atoms with Crippen molar-refractivity contribution >= 4 is 11.9 Å². The first kappa shape index (κ1) is 52.3. The standard InChI is InChI=1S/C48H91NO5/c1-3-5-7-9-11-13-15-16-17-21-24-28-32-36-40-46(51)45(44-50)49-47(52)41-37-33-29-25-22-18-19-23-27-31-35-39-43-54-48(53)42-38-34-30-26-20-14-12-10-8-6-4-2/h10,12,36,40,45-46,50-51H,3-9,11,13-35,37-39,41-44H2,1-2H3,(H,49,52)/b12-10-,40-36+. The van der Waals surface area contributed by atoms with Crippen LogP contribution in [0.4, 0.5) is 0 Å². The van der Waals surface area contributed by atoms with Gasteiger partial charge in [-0.05, 0) is 51.4 Å². The molecule has 0 rings (SSSR count). The SMILES string of the molecule is CCCC/C=C\CCCCCCCC(=O)OCCCCCCCCCCCCCCC(=O)NC(CO)C(O)/C=C/CCCCCCCCCCCCCC. The molecule has 0 aromatic carbocycles. The van der Waals surface area contributed by atoms with Crippen molar-refractivity contribution in [1.82, 2.24) is 5.32 Å². The van der Waals surface area contributed by atoms with Crippen LogP contribution >= 0.6 is 0 Å². The fourth-order valence-electron chi connectivity index (χ4n) is 7.02. The maximum atomic E-state index is 12.4. The molecule has 3 N–H and O–H groups in total. The number of aliphatic hydroxyl groups excluding tert-OH is 2. The van der Waals surface area contributed by atoms with Crippen LogP contribution in [0, 0.1) is 0 Å². The van der Waals surface area contributed by atoms with Crippen molar-refractivity contribution in [2.24, 2.45) is 0 Å². The lowest BCUT2D eigenvalue weighted by Crippen LogP contribution is -2.45. The molecule has 0 aromatic heterocycles. The molecule has 0 aliphatic heterocycles. The zero-order valence-corrected chi connectivity index (χ0v) is 36.0. The summed E-state index contributed by atoms with van der Waals surface area (Å²) in [4.78, 5) is 24.3. The van der Waals surface area contributed by atoms with E-state index >= 15 is 0 Å². The summed E-state index contributed by atoms with van der Waals surface area (Å²) in [6.45, 7) is 4.82. The van der Waals surface area contributed by atoms with Crippen LogP contribution in [-0.4, -0.2) is 47.4 Å². The Balaban J connectivity index is 3.52. The first-order valence-corrected chi connectivity index (χ1v) is 23.6. The van der Waals surface area contributed by atoms with E-state index in [1.165, 1.54) is 161 Å². The molecule has 2 unspecified atom stereocenters. The van der Waals surface area contributed by atoms with Crippen molar-refractivity contribution in [2.45, 2.75) is 257 Å². The summed E-state index contributed by atoms with van der Waals surface area (Å²) in [7, 11) is 0. The van der Waals surface area contributed by atoms with Crippen LogP contribution in [0.1, 0.15) is 245 Å². The molecular weight excluding hydrogens is 671 g/mol. The lowest BCUT2D eigenvalue weighted by molar-refractivity contribution is -0.143. The normalized spacial score (nSPS) is 12.9. The van der Waals surface area contributed by atoms with Crippen molar-refractivity contribution in [1.29, 1.82) is 0 Å². The molecule has 0 fully saturated rings. The lowest BCUT2D eigenvalue weighted by Gasteiger charge is -2.20. The van der Waals surface area contributed by atoms with Gasteiger partial charge in [-0.15, -0.1) is 0 Å². The molecular formula is C48H91NO5. The number of aliphatic hydroxyl groups is 2. The van der Waals surface area contributed by atoms with Crippen LogP contribution < -0.4 is 5.32 Å². The van der Waals surface area contributed by atoms with E-state index in [4.69, 9.17) is 4.74 Å². The van der Waals surface area contributed by atoms with Gasteiger partial charge in [0.1, 0.15) is 0 Å². The van der Waals surface area contributed by atoms with E-state index in [-0.39, 0.29) is 18.5 Å². The topological polar surface area (TPSA) is 95.9 Å². The van der Waals surface area contributed by atoms with Gasteiger partial charge in [-0.25, -0.2) is 0 Å². The summed E-state index contributed by atoms with van der Waals surface area (Å²) < 4.78 is 5.43. The van der Waals surface area contributed by atoms with E-state index in [2.05, 4.69) is 31.3 Å². The number of amides is 1. The Labute approximate surface area is 335 Å². The number of ether oxygens (including phenoxy) is 1. The molecule has 54 heavy (non-hydrogen) atoms. The molecule has 318 valence electrons. The second-order valence-electron chi connectivity index (χ2n) is 16.1. The highest BCUT2D eigenvalue weighted by Gasteiger charge is 2.18. The number of nitrogens with one attached hydrogen (secondary N) is 1. The molecule has 2 atom stereocenters. The summed E-state index contributed by atoms with van der Waals surface area (Å²) in [6, 6.07) is -0.638. The zero-order chi connectivity index (χ0) is 39.4. The van der Waals surface area contributed by atoms with Gasteiger partial charge in [-0.1, -0.05) is 205 Å². The second kappa shape index (κ2) is 44.1. The van der Waals surface area contributed by atoms with Gasteiger partial charge < -0.3 is 20.3 Å². The quantitative estimate of drug-likeness (QED) is 0.0327. The Morgan fingerprint density at radius 3 is 1.37 bits per heavy atom. The number of rotatable bonds is 43. The minimum absolute atomic E-state index is 0.0225. The summed E-state index contributed by atoms with van der Waals surface area (Å²) >= 11 is 0. The largest absolute Gasteiger partial charge is 0.466 e. The van der Waals surface area contributed by atoms with Gasteiger partial charge in [0, 0.05) is 12.8 Å². The molecule has 0 bridgehead atoms. The highest BCUT2D eigenvalue weighted by atomic mass is 16.5. The first-order valence-electron chi connectivity index (χ1n) is 23.6. The van der Waals surface area contributed by atoms with Crippen molar-refractivity contribution in [2.75, 3.05) is 13.2 Å². The maximum Gasteiger partial charge on any atom is 0.305 e. The molecule has 1 amide bonds. The average molecular weight is 762 g/mol. The molecule has 0 saturated heterocycles. The van der Waals surface area contributed by atoms with Gasteiger partial charge in [0.2, 0.25) is 5.91 Å². The summed E-state index contributed by atoms with van der Waals surface area (Å²) in [5.41, 5.74) is 0. The van der Waals surface area contributed by atoms with Crippen molar-refractivity contribution in [3.8, 4) is 0 Å². The fourth-order valence-corrected chi connectivity index (χ4v) is 7.02. The van der Waals surface area contributed by atoms with Gasteiger partial charge >= 0.3 is 5.97 Å². The molecule has 0 radical (unpaired) electrons. The minimum atomic E-state index is -0.853. The monoisotopic (exact) mass is 762 g/mol. The Kier molecular flexibility index (Phi) is 42.7. The summed E-state index contributed by atoms with van der Waals surface area (Å²) in [5, 5.41) is 23.0. The van der Waals surface area contributed by atoms with Crippen LogP contribution in [0.5, 0.6) is 0 Å². The lowest BCUT2D eigenvalue weighted by atomic mass is 10.0. The number of carbonyl (C=O) groups excluding carboxylic acids is 2. The Hall–Kier alpha value is -1.66. The van der Waals surface area contributed by atoms with Crippen LogP contribution in [0.25, 0.3) is 0 Å². The van der Waals surface area contributed by atoms with E-state index in [1.807, 2.05) is 6.08 Å². The zero-order valence-electron chi connectivity index (χ0n) is 36.0. The molecule has 0 aromatic rings. The Bertz CT molecular complexity index is 843. The first-order chi connectivity index (χ1) is 26.5. The third-order valence-electron chi connectivity index (χ3n) is 10.7. The van der Waals surface area contributed by atoms with E-state index in [1.54, 1.807) is 6.08 Å². The second-order valence-corrected chi connectivity index (χ2v) is 16.1. The Morgan fingerprint density at radius 2 is 0.889 bits per heavy atom. The Morgan fingerprint density at radius 1 is 0.500 bits per heavy atom. The number of allylic oxidation sites excluding steroid dienone is 3. The van der Waals surface area contributed by atoms with E-state index < -0.39 is 12.1 Å². The van der Waals surface area contributed by atoms with E-state index in [0.29, 0.717) is 19.4 Å². The maximum absolute atomic E-state index is 12.4. The highest BCUT2D eigenvalue weighted by molar-refractivity contribution is 5.76. The van der Waals surface area contributed by atoms with Gasteiger partial charge in [-0.3, -0.25) is 9.59 Å². The van der Waals surface area contributed by atoms with Crippen molar-refractivity contribution < 1.29 is 24.5 Å². The molecule has 0 spiro atoms. The summed E-state index contributed by atoms with van der Waals surface area (Å²) in [6.07, 6.45) is 50.2. The third kappa shape index (κ3) is 40.0. The molecule has 0 saturated carbocycles. The van der Waals surface area contributed by atoms with E-state index in [9.17, 15) is 19.8 Å². The van der Waals surface area contributed by atoms with Crippen LogP contribution in [0.3, 0.4) is 0 Å². The van der Waals surface area contributed by atoms with Crippen LogP contribution in [0.2, 0.25) is 0 Å². The smallest absolute Gasteiger partial charge is 0.305 e. The number of carbonyl (C=O) groups is 2. The average Bonchev–Trinajstić information content (AvgIpc) is 3.17. The fraction of sp³-hybridized carbons (Fsp3) is 0.875.